The summed E-state index contributed by atoms with van der Waals surface area (Å²) < 4.78 is 1.89. The average molecular weight is 332 g/mol. The lowest BCUT2D eigenvalue weighted by atomic mass is 10.1. The third-order valence-corrected chi connectivity index (χ3v) is 4.47. The number of nitrogens with one attached hydrogen (secondary N) is 1. The normalized spacial score (nSPS) is 11.2. The van der Waals surface area contributed by atoms with Crippen LogP contribution in [0.25, 0.3) is 22.2 Å². The van der Waals surface area contributed by atoms with Crippen molar-refractivity contribution < 1.29 is 5.11 Å². The number of aryl methyl sites for hydroxylation is 2. The molecule has 0 amide bonds. The lowest BCUT2D eigenvalue weighted by Gasteiger charge is -2.01. The fourth-order valence-corrected chi connectivity index (χ4v) is 3.08. The molecule has 0 saturated heterocycles. The second-order valence-electron chi connectivity index (χ2n) is 6.15. The van der Waals surface area contributed by atoms with Gasteiger partial charge in [0.1, 0.15) is 5.69 Å². The number of fused-ring (bicyclic) bond motifs is 1. The van der Waals surface area contributed by atoms with Crippen LogP contribution in [-0.4, -0.2) is 31.7 Å². The Morgan fingerprint density at radius 2 is 1.84 bits per heavy atom. The highest BCUT2D eigenvalue weighted by atomic mass is 16.2. The van der Waals surface area contributed by atoms with Crippen LogP contribution in [0.4, 0.5) is 0 Å². The molecule has 0 spiro atoms. The lowest BCUT2D eigenvalue weighted by molar-refractivity contribution is 0.299. The number of aromatic nitrogens is 4. The number of H-pyrrole nitrogens is 1. The summed E-state index contributed by atoms with van der Waals surface area (Å²) in [5, 5.41) is 18.8. The summed E-state index contributed by atoms with van der Waals surface area (Å²) in [7, 11) is 0. The third kappa shape index (κ3) is 3.32. The third-order valence-electron chi connectivity index (χ3n) is 4.47. The maximum atomic E-state index is 8.98. The molecule has 4 rings (SSSR count). The van der Waals surface area contributed by atoms with Gasteiger partial charge in [-0.1, -0.05) is 47.7 Å². The molecule has 0 unspecified atom stereocenters. The fourth-order valence-electron chi connectivity index (χ4n) is 3.08. The standard InChI is InChI=1S/C20H20N4O/c25-12-10-15-5-7-16(8-6-15)20-14-24(23-22-20)11-9-17-13-21-19-4-2-1-3-18(17)19/h1-8,13-14,21,25H,9-12H2. The number of aromatic amines is 1. The van der Waals surface area contributed by atoms with Crippen molar-refractivity contribution in [2.75, 3.05) is 6.61 Å². The molecule has 126 valence electrons. The van der Waals surface area contributed by atoms with Gasteiger partial charge in [-0.2, -0.15) is 0 Å². The fraction of sp³-hybridized carbons (Fsp3) is 0.200. The van der Waals surface area contributed by atoms with Gasteiger partial charge < -0.3 is 10.1 Å². The van der Waals surface area contributed by atoms with Crippen molar-refractivity contribution in [2.45, 2.75) is 19.4 Å². The quantitative estimate of drug-likeness (QED) is 0.570. The maximum Gasteiger partial charge on any atom is 0.113 e. The van der Waals surface area contributed by atoms with E-state index in [-0.39, 0.29) is 6.61 Å². The summed E-state index contributed by atoms with van der Waals surface area (Å²) in [5.74, 6) is 0. The van der Waals surface area contributed by atoms with Gasteiger partial charge in [0.2, 0.25) is 0 Å². The highest BCUT2D eigenvalue weighted by Crippen LogP contribution is 2.20. The topological polar surface area (TPSA) is 66.7 Å². The molecule has 0 bridgehead atoms. The molecule has 0 radical (unpaired) electrons. The van der Waals surface area contributed by atoms with Crippen molar-refractivity contribution >= 4 is 10.9 Å². The van der Waals surface area contributed by atoms with Gasteiger partial charge in [-0.05, 0) is 30.0 Å². The van der Waals surface area contributed by atoms with Crippen LogP contribution < -0.4 is 0 Å². The van der Waals surface area contributed by atoms with Crippen LogP contribution in [0.15, 0.2) is 60.9 Å². The Kier molecular flexibility index (Phi) is 4.31. The van der Waals surface area contributed by atoms with E-state index in [0.29, 0.717) is 6.42 Å². The molecule has 25 heavy (non-hydrogen) atoms. The second kappa shape index (κ2) is 6.91. The van der Waals surface area contributed by atoms with E-state index in [1.165, 1.54) is 16.5 Å². The van der Waals surface area contributed by atoms with Crippen molar-refractivity contribution in [1.82, 2.24) is 20.0 Å². The van der Waals surface area contributed by atoms with Gasteiger partial charge >= 0.3 is 0 Å². The highest BCUT2D eigenvalue weighted by Gasteiger charge is 2.06. The minimum atomic E-state index is 0.170. The molecule has 0 fully saturated rings. The first-order chi connectivity index (χ1) is 12.3. The van der Waals surface area contributed by atoms with Gasteiger partial charge in [0.15, 0.2) is 0 Å². The van der Waals surface area contributed by atoms with Crippen molar-refractivity contribution in [3.8, 4) is 11.3 Å². The lowest BCUT2D eigenvalue weighted by Crippen LogP contribution is -2.01. The number of para-hydroxylation sites is 1. The van der Waals surface area contributed by atoms with Gasteiger partial charge in [-0.15, -0.1) is 5.10 Å². The van der Waals surface area contributed by atoms with Crippen LogP contribution in [0.3, 0.4) is 0 Å². The number of hydrogen-bond donors (Lipinski definition) is 2. The first kappa shape index (κ1) is 15.6. The van der Waals surface area contributed by atoms with Crippen LogP contribution in [-0.2, 0) is 19.4 Å². The second-order valence-corrected chi connectivity index (χ2v) is 6.15. The predicted octanol–water partition coefficient (Wildman–Crippen LogP) is 3.20. The van der Waals surface area contributed by atoms with E-state index in [0.717, 1.165) is 29.8 Å². The van der Waals surface area contributed by atoms with Crippen LogP contribution in [0, 0.1) is 0 Å². The summed E-state index contributed by atoms with van der Waals surface area (Å²) >= 11 is 0. The molecule has 5 nitrogen and oxygen atoms in total. The molecule has 0 aliphatic carbocycles. The Morgan fingerprint density at radius 1 is 1.00 bits per heavy atom. The van der Waals surface area contributed by atoms with E-state index in [4.69, 9.17) is 5.11 Å². The summed E-state index contributed by atoms with van der Waals surface area (Å²) in [6.45, 7) is 0.959. The van der Waals surface area contributed by atoms with Gasteiger partial charge in [0, 0.05) is 35.8 Å². The monoisotopic (exact) mass is 332 g/mol. The average Bonchev–Trinajstić information content (AvgIpc) is 3.28. The van der Waals surface area contributed by atoms with Gasteiger partial charge in [-0.3, -0.25) is 4.68 Å². The molecule has 2 aromatic carbocycles. The molecule has 4 aromatic rings. The smallest absolute Gasteiger partial charge is 0.113 e. The van der Waals surface area contributed by atoms with Crippen LogP contribution in [0.5, 0.6) is 0 Å². The van der Waals surface area contributed by atoms with Gasteiger partial charge in [0.25, 0.3) is 0 Å². The van der Waals surface area contributed by atoms with Gasteiger partial charge in [-0.25, -0.2) is 0 Å². The van der Waals surface area contributed by atoms with Crippen molar-refractivity contribution in [2.24, 2.45) is 0 Å². The molecular weight excluding hydrogens is 312 g/mol. The molecule has 0 atom stereocenters. The molecule has 5 heteroatoms. The first-order valence-electron chi connectivity index (χ1n) is 8.49. The minimum Gasteiger partial charge on any atom is -0.396 e. The zero-order valence-electron chi connectivity index (χ0n) is 13.9. The molecule has 2 N–H and O–H groups in total. The number of aliphatic hydroxyl groups is 1. The Labute approximate surface area is 145 Å². The Balaban J connectivity index is 1.46. The Bertz CT molecular complexity index is 969. The summed E-state index contributed by atoms with van der Waals surface area (Å²) in [4.78, 5) is 3.31. The molecular formula is C20H20N4O. The minimum absolute atomic E-state index is 0.170. The number of rotatable bonds is 6. The number of nitrogens with zero attached hydrogens (tertiary/aromatic N) is 3. The predicted molar refractivity (Wildman–Crippen MR) is 98.3 cm³/mol. The Morgan fingerprint density at radius 3 is 2.68 bits per heavy atom. The highest BCUT2D eigenvalue weighted by molar-refractivity contribution is 5.83. The summed E-state index contributed by atoms with van der Waals surface area (Å²) in [5.41, 5.74) is 5.49. The Hall–Kier alpha value is -2.92. The molecule has 0 saturated carbocycles. The molecule has 2 aromatic heterocycles. The molecule has 0 aliphatic heterocycles. The van der Waals surface area contributed by atoms with Crippen LogP contribution >= 0.6 is 0 Å². The van der Waals surface area contributed by atoms with Gasteiger partial charge in [0.05, 0.1) is 6.20 Å². The zero-order valence-corrected chi connectivity index (χ0v) is 13.9. The summed E-state index contributed by atoms with van der Waals surface area (Å²) in [6.07, 6.45) is 5.64. The molecule has 2 heterocycles. The zero-order chi connectivity index (χ0) is 17.1. The van der Waals surface area contributed by atoms with E-state index in [1.807, 2.05) is 41.2 Å². The first-order valence-corrected chi connectivity index (χ1v) is 8.49. The number of hydrogen-bond acceptors (Lipinski definition) is 3. The van der Waals surface area contributed by atoms with E-state index in [9.17, 15) is 0 Å². The number of benzene rings is 2. The SMILES string of the molecule is OCCc1ccc(-c2cn(CCc3c[nH]c4ccccc34)nn2)cc1. The largest absolute Gasteiger partial charge is 0.396 e. The van der Waals surface area contributed by atoms with Crippen molar-refractivity contribution in [1.29, 1.82) is 0 Å². The van der Waals surface area contributed by atoms with Crippen LogP contribution in [0.2, 0.25) is 0 Å². The van der Waals surface area contributed by atoms with E-state index < -0.39 is 0 Å². The van der Waals surface area contributed by atoms with E-state index in [2.05, 4.69) is 39.7 Å². The van der Waals surface area contributed by atoms with Crippen molar-refractivity contribution in [3.63, 3.8) is 0 Å². The number of aliphatic hydroxyl groups excluding tert-OH is 1. The van der Waals surface area contributed by atoms with E-state index >= 15 is 0 Å². The van der Waals surface area contributed by atoms with Crippen LogP contribution in [0.1, 0.15) is 11.1 Å². The van der Waals surface area contributed by atoms with E-state index in [1.54, 1.807) is 0 Å². The summed E-state index contributed by atoms with van der Waals surface area (Å²) in [6, 6.07) is 16.4. The molecule has 0 aliphatic rings. The maximum absolute atomic E-state index is 8.98. The van der Waals surface area contributed by atoms with Crippen molar-refractivity contribution in [3.05, 3.63) is 72.1 Å².